The fraction of sp³-hybridized carbons (Fsp3) is 0.417. The van der Waals surface area contributed by atoms with Crippen LogP contribution >= 0.6 is 0 Å². The zero-order valence-corrected chi connectivity index (χ0v) is 9.13. The molecule has 0 aromatic heterocycles. The maximum atomic E-state index is 13.5. The fourth-order valence-corrected chi connectivity index (χ4v) is 1.21. The largest absolute Gasteiger partial charge is 0.255 e. The van der Waals surface area contributed by atoms with Gasteiger partial charge in [0.25, 0.3) is 0 Å². The van der Waals surface area contributed by atoms with Gasteiger partial charge in [0, 0.05) is 5.71 Å². The predicted octanol–water partition coefficient (Wildman–Crippen LogP) is 4.06. The van der Waals surface area contributed by atoms with Crippen molar-refractivity contribution in [3.8, 4) is 0 Å². The lowest BCUT2D eigenvalue weighted by Gasteiger charge is -2.06. The van der Waals surface area contributed by atoms with Gasteiger partial charge in [-0.05, 0) is 37.5 Å². The first-order chi connectivity index (χ1) is 6.50. The molecule has 76 valence electrons. The van der Waals surface area contributed by atoms with Gasteiger partial charge in [0.2, 0.25) is 0 Å². The van der Waals surface area contributed by atoms with E-state index in [1.807, 2.05) is 33.8 Å². The van der Waals surface area contributed by atoms with Crippen LogP contribution in [0.5, 0.6) is 0 Å². The third-order valence-electron chi connectivity index (χ3n) is 1.98. The number of nitrogens with zero attached hydrogens (tertiary/aromatic N) is 1. The molecular weight excluding hydrogens is 177 g/mol. The van der Waals surface area contributed by atoms with Gasteiger partial charge in [-0.15, -0.1) is 0 Å². The average Bonchev–Trinajstić information content (AvgIpc) is 2.07. The molecule has 0 aliphatic carbocycles. The lowest BCUT2D eigenvalue weighted by atomic mass is 10.0. The van der Waals surface area contributed by atoms with Crippen molar-refractivity contribution in [1.82, 2.24) is 0 Å². The molecule has 0 N–H and O–H groups in total. The van der Waals surface area contributed by atoms with Crippen LogP contribution in [-0.4, -0.2) is 5.71 Å². The molecule has 1 aromatic rings. The summed E-state index contributed by atoms with van der Waals surface area (Å²) in [6, 6.07) is 5.22. The molecule has 0 radical (unpaired) electrons. The summed E-state index contributed by atoms with van der Waals surface area (Å²) in [5, 5.41) is 0. The van der Waals surface area contributed by atoms with Crippen LogP contribution in [0.15, 0.2) is 23.2 Å². The van der Waals surface area contributed by atoms with Crippen LogP contribution < -0.4 is 0 Å². The topological polar surface area (TPSA) is 12.4 Å². The fourth-order valence-electron chi connectivity index (χ4n) is 1.21. The Hall–Kier alpha value is -1.18. The highest BCUT2D eigenvalue weighted by atomic mass is 19.1. The summed E-state index contributed by atoms with van der Waals surface area (Å²) in [5.74, 6) is 0.114. The van der Waals surface area contributed by atoms with Crippen LogP contribution in [0.3, 0.4) is 0 Å². The Labute approximate surface area is 84.7 Å². The van der Waals surface area contributed by atoms with Gasteiger partial charge >= 0.3 is 0 Å². The van der Waals surface area contributed by atoms with Gasteiger partial charge in [-0.2, -0.15) is 0 Å². The van der Waals surface area contributed by atoms with Crippen molar-refractivity contribution in [2.45, 2.75) is 33.6 Å². The van der Waals surface area contributed by atoms with E-state index in [-0.39, 0.29) is 5.82 Å². The monoisotopic (exact) mass is 193 g/mol. The zero-order chi connectivity index (χ0) is 10.7. The minimum absolute atomic E-state index is 0.239. The number of rotatable bonds is 2. The highest BCUT2D eigenvalue weighted by Gasteiger charge is 2.04. The van der Waals surface area contributed by atoms with Crippen LogP contribution in [0.25, 0.3) is 0 Å². The lowest BCUT2D eigenvalue weighted by Crippen LogP contribution is -1.89. The molecule has 1 aromatic carbocycles. The van der Waals surface area contributed by atoms with E-state index in [1.165, 1.54) is 0 Å². The molecular formula is C12H16FN. The van der Waals surface area contributed by atoms with Crippen molar-refractivity contribution in [2.24, 2.45) is 4.99 Å². The molecule has 0 aliphatic rings. The highest BCUT2D eigenvalue weighted by Crippen LogP contribution is 2.23. The Morgan fingerprint density at radius 1 is 1.29 bits per heavy atom. The summed E-state index contributed by atoms with van der Waals surface area (Å²) in [4.78, 5) is 4.10. The van der Waals surface area contributed by atoms with Gasteiger partial charge in [-0.3, -0.25) is 4.99 Å². The summed E-state index contributed by atoms with van der Waals surface area (Å²) in [5.41, 5.74) is 2.30. The van der Waals surface area contributed by atoms with E-state index >= 15 is 0 Å². The van der Waals surface area contributed by atoms with Crippen LogP contribution in [0.4, 0.5) is 10.1 Å². The molecule has 0 fully saturated rings. The van der Waals surface area contributed by atoms with Gasteiger partial charge in [-0.1, -0.05) is 19.9 Å². The van der Waals surface area contributed by atoms with E-state index in [0.29, 0.717) is 11.6 Å². The Morgan fingerprint density at radius 2 is 1.93 bits per heavy atom. The molecule has 0 atom stereocenters. The molecule has 1 rings (SSSR count). The van der Waals surface area contributed by atoms with Gasteiger partial charge < -0.3 is 0 Å². The first kappa shape index (κ1) is 10.9. The van der Waals surface area contributed by atoms with Gasteiger partial charge in [-0.25, -0.2) is 4.39 Å². The minimum Gasteiger partial charge on any atom is -0.255 e. The molecule has 0 heterocycles. The summed E-state index contributed by atoms with van der Waals surface area (Å²) >= 11 is 0. The third-order valence-corrected chi connectivity index (χ3v) is 1.98. The Balaban J connectivity index is 3.08. The van der Waals surface area contributed by atoms with Crippen molar-refractivity contribution in [2.75, 3.05) is 0 Å². The third kappa shape index (κ3) is 2.66. The van der Waals surface area contributed by atoms with Gasteiger partial charge in [0.1, 0.15) is 5.82 Å². The smallest absolute Gasteiger partial charge is 0.149 e. The SMILES string of the molecule is CC(C)=Nc1ccc(C(C)C)cc1F. The second-order valence-corrected chi connectivity index (χ2v) is 3.92. The molecule has 2 heteroatoms. The standard InChI is InChI=1S/C12H16FN/c1-8(2)10-5-6-12(11(13)7-10)14-9(3)4/h5-8H,1-4H3. The van der Waals surface area contributed by atoms with Crippen molar-refractivity contribution in [1.29, 1.82) is 0 Å². The quantitative estimate of drug-likeness (QED) is 0.628. The van der Waals surface area contributed by atoms with E-state index in [2.05, 4.69) is 4.99 Å². The number of hydrogen-bond donors (Lipinski definition) is 0. The second kappa shape index (κ2) is 4.36. The van der Waals surface area contributed by atoms with E-state index in [1.54, 1.807) is 12.1 Å². The average molecular weight is 193 g/mol. The Kier molecular flexibility index (Phi) is 3.39. The van der Waals surface area contributed by atoms with Crippen LogP contribution in [-0.2, 0) is 0 Å². The number of benzene rings is 1. The molecule has 0 bridgehead atoms. The van der Waals surface area contributed by atoms with Gasteiger partial charge in [0.15, 0.2) is 0 Å². The highest BCUT2D eigenvalue weighted by molar-refractivity contribution is 5.82. The normalized spacial score (nSPS) is 10.4. The summed E-state index contributed by atoms with van der Waals surface area (Å²) in [7, 11) is 0. The van der Waals surface area contributed by atoms with E-state index in [4.69, 9.17) is 0 Å². The maximum Gasteiger partial charge on any atom is 0.149 e. The molecule has 0 saturated carbocycles. The van der Waals surface area contributed by atoms with Crippen LogP contribution in [0.2, 0.25) is 0 Å². The maximum absolute atomic E-state index is 13.5. The summed E-state index contributed by atoms with van der Waals surface area (Å²) in [6.45, 7) is 7.80. The molecule has 0 amide bonds. The zero-order valence-electron chi connectivity index (χ0n) is 9.13. The lowest BCUT2D eigenvalue weighted by molar-refractivity contribution is 0.625. The summed E-state index contributed by atoms with van der Waals surface area (Å²) < 4.78 is 13.5. The first-order valence-electron chi connectivity index (χ1n) is 4.82. The number of halogens is 1. The summed E-state index contributed by atoms with van der Waals surface area (Å²) in [6.07, 6.45) is 0. The van der Waals surface area contributed by atoms with E-state index in [0.717, 1.165) is 11.3 Å². The molecule has 0 saturated heterocycles. The van der Waals surface area contributed by atoms with Crippen molar-refractivity contribution in [3.63, 3.8) is 0 Å². The molecule has 0 aliphatic heterocycles. The van der Waals surface area contributed by atoms with Crippen molar-refractivity contribution >= 4 is 11.4 Å². The first-order valence-corrected chi connectivity index (χ1v) is 4.82. The number of aliphatic imine (C=N–C) groups is 1. The Bertz CT molecular complexity index is 349. The van der Waals surface area contributed by atoms with E-state index < -0.39 is 0 Å². The minimum atomic E-state index is -0.239. The Morgan fingerprint density at radius 3 is 2.36 bits per heavy atom. The van der Waals surface area contributed by atoms with E-state index in [9.17, 15) is 4.39 Å². The van der Waals surface area contributed by atoms with Gasteiger partial charge in [0.05, 0.1) is 5.69 Å². The number of hydrogen-bond acceptors (Lipinski definition) is 1. The second-order valence-electron chi connectivity index (χ2n) is 3.92. The van der Waals surface area contributed by atoms with Crippen molar-refractivity contribution < 1.29 is 4.39 Å². The molecule has 14 heavy (non-hydrogen) atoms. The van der Waals surface area contributed by atoms with Crippen molar-refractivity contribution in [3.05, 3.63) is 29.6 Å². The molecule has 0 spiro atoms. The molecule has 0 unspecified atom stereocenters. The molecule has 1 nitrogen and oxygen atoms in total. The van der Waals surface area contributed by atoms with Crippen LogP contribution in [0.1, 0.15) is 39.2 Å². The predicted molar refractivity (Wildman–Crippen MR) is 58.9 cm³/mol. The van der Waals surface area contributed by atoms with Crippen LogP contribution in [0, 0.1) is 5.82 Å².